The number of hydrogen-bond donors (Lipinski definition) is 1. The van der Waals surface area contributed by atoms with Gasteiger partial charge >= 0.3 is 0 Å². The average molecular weight is 281 g/mol. The van der Waals surface area contributed by atoms with Crippen LogP contribution in [0, 0.1) is 0 Å². The van der Waals surface area contributed by atoms with Crippen molar-refractivity contribution in [2.45, 2.75) is 44.7 Å². The predicted octanol–water partition coefficient (Wildman–Crippen LogP) is 3.87. The summed E-state index contributed by atoms with van der Waals surface area (Å²) in [5.74, 6) is 0. The molecule has 2 nitrogen and oxygen atoms in total. The summed E-state index contributed by atoms with van der Waals surface area (Å²) in [4.78, 5) is 2.57. The van der Waals surface area contributed by atoms with Gasteiger partial charge in [-0.25, -0.2) is 0 Å². The molecule has 2 unspecified atom stereocenters. The molecule has 3 heteroatoms. The maximum Gasteiger partial charge on any atom is 0.0406 e. The molecule has 1 aromatic rings. The largest absolute Gasteiger partial charge is 0.317 e. The van der Waals surface area contributed by atoms with Crippen LogP contribution in [-0.2, 0) is 0 Å². The highest BCUT2D eigenvalue weighted by atomic mass is 35.5. The third-order valence-electron chi connectivity index (χ3n) is 4.25. The predicted molar refractivity (Wildman–Crippen MR) is 82.8 cm³/mol. The van der Waals surface area contributed by atoms with Gasteiger partial charge in [-0.3, -0.25) is 4.90 Å². The normalized spacial score (nSPS) is 22.2. The topological polar surface area (TPSA) is 15.3 Å². The van der Waals surface area contributed by atoms with Gasteiger partial charge in [-0.15, -0.1) is 0 Å². The highest BCUT2D eigenvalue weighted by molar-refractivity contribution is 6.30. The molecular formula is C16H25ClN2. The zero-order valence-corrected chi connectivity index (χ0v) is 12.8. The second-order valence-corrected chi connectivity index (χ2v) is 5.91. The van der Waals surface area contributed by atoms with Gasteiger partial charge in [0.15, 0.2) is 0 Å². The third kappa shape index (κ3) is 3.95. The molecule has 0 spiro atoms. The van der Waals surface area contributed by atoms with Crippen molar-refractivity contribution in [3.8, 4) is 0 Å². The monoisotopic (exact) mass is 280 g/mol. The van der Waals surface area contributed by atoms with E-state index in [1.165, 1.54) is 31.4 Å². The molecule has 1 saturated heterocycles. The zero-order chi connectivity index (χ0) is 13.7. The van der Waals surface area contributed by atoms with Gasteiger partial charge in [-0.2, -0.15) is 0 Å². The Morgan fingerprint density at radius 2 is 2.00 bits per heavy atom. The zero-order valence-electron chi connectivity index (χ0n) is 12.0. The Balaban J connectivity index is 2.09. The maximum atomic E-state index is 5.99. The fourth-order valence-corrected chi connectivity index (χ4v) is 3.23. The van der Waals surface area contributed by atoms with E-state index in [1.807, 2.05) is 12.1 Å². The van der Waals surface area contributed by atoms with Gasteiger partial charge in [0, 0.05) is 17.1 Å². The molecule has 1 aliphatic rings. The summed E-state index contributed by atoms with van der Waals surface area (Å²) < 4.78 is 0. The van der Waals surface area contributed by atoms with Gasteiger partial charge in [0.2, 0.25) is 0 Å². The van der Waals surface area contributed by atoms with E-state index in [1.54, 1.807) is 0 Å². The molecule has 1 N–H and O–H groups in total. The lowest BCUT2D eigenvalue weighted by Gasteiger charge is -2.34. The van der Waals surface area contributed by atoms with E-state index >= 15 is 0 Å². The van der Waals surface area contributed by atoms with E-state index in [0.29, 0.717) is 12.1 Å². The summed E-state index contributed by atoms with van der Waals surface area (Å²) in [6.07, 6.45) is 4.97. The SMILES string of the molecule is CCC(c1ccc(Cl)cc1)N(C)C1CCCNCC1. The van der Waals surface area contributed by atoms with Crippen LogP contribution < -0.4 is 5.32 Å². The van der Waals surface area contributed by atoms with Gasteiger partial charge < -0.3 is 5.32 Å². The summed E-state index contributed by atoms with van der Waals surface area (Å²) in [7, 11) is 2.28. The standard InChI is InChI=1S/C16H25ClN2/c1-3-16(13-6-8-14(17)9-7-13)19(2)15-5-4-11-18-12-10-15/h6-9,15-16,18H,3-5,10-12H2,1-2H3. The lowest BCUT2D eigenvalue weighted by molar-refractivity contribution is 0.156. The van der Waals surface area contributed by atoms with Crippen molar-refractivity contribution in [3.05, 3.63) is 34.9 Å². The molecule has 0 aliphatic carbocycles. The van der Waals surface area contributed by atoms with Crippen LogP contribution in [0.3, 0.4) is 0 Å². The smallest absolute Gasteiger partial charge is 0.0406 e. The van der Waals surface area contributed by atoms with E-state index in [0.717, 1.165) is 18.0 Å². The highest BCUT2D eigenvalue weighted by Gasteiger charge is 2.23. The van der Waals surface area contributed by atoms with E-state index < -0.39 is 0 Å². The molecule has 0 aromatic heterocycles. The van der Waals surface area contributed by atoms with Crippen molar-refractivity contribution in [1.29, 1.82) is 0 Å². The Bertz CT molecular complexity index is 369. The van der Waals surface area contributed by atoms with E-state index in [-0.39, 0.29) is 0 Å². The van der Waals surface area contributed by atoms with E-state index in [9.17, 15) is 0 Å². The first-order valence-electron chi connectivity index (χ1n) is 7.40. The molecule has 2 atom stereocenters. The van der Waals surface area contributed by atoms with Crippen LogP contribution in [0.4, 0.5) is 0 Å². The molecule has 1 heterocycles. The molecule has 19 heavy (non-hydrogen) atoms. The van der Waals surface area contributed by atoms with E-state index in [2.05, 4.69) is 36.3 Å². The van der Waals surface area contributed by atoms with Gasteiger partial charge in [-0.05, 0) is 63.5 Å². The van der Waals surface area contributed by atoms with Crippen LogP contribution >= 0.6 is 11.6 Å². The molecule has 1 fully saturated rings. The molecule has 0 bridgehead atoms. The van der Waals surface area contributed by atoms with Crippen LogP contribution in [0.1, 0.15) is 44.2 Å². The van der Waals surface area contributed by atoms with Gasteiger partial charge in [0.1, 0.15) is 0 Å². The molecule has 0 saturated carbocycles. The fourth-order valence-electron chi connectivity index (χ4n) is 3.11. The Morgan fingerprint density at radius 1 is 1.26 bits per heavy atom. The highest BCUT2D eigenvalue weighted by Crippen LogP contribution is 2.28. The van der Waals surface area contributed by atoms with Gasteiger partial charge in [0.25, 0.3) is 0 Å². The molecule has 1 aromatic carbocycles. The van der Waals surface area contributed by atoms with Crippen molar-refractivity contribution in [2.75, 3.05) is 20.1 Å². The van der Waals surface area contributed by atoms with Crippen LogP contribution in [0.2, 0.25) is 5.02 Å². The molecule has 106 valence electrons. The van der Waals surface area contributed by atoms with Crippen molar-refractivity contribution >= 4 is 11.6 Å². The number of nitrogens with zero attached hydrogens (tertiary/aromatic N) is 1. The molecule has 0 amide bonds. The van der Waals surface area contributed by atoms with Crippen molar-refractivity contribution < 1.29 is 0 Å². The minimum Gasteiger partial charge on any atom is -0.317 e. The van der Waals surface area contributed by atoms with Crippen LogP contribution in [0.5, 0.6) is 0 Å². The quantitative estimate of drug-likeness (QED) is 0.901. The Hall–Kier alpha value is -0.570. The molecule has 0 radical (unpaired) electrons. The molecule has 2 rings (SSSR count). The summed E-state index contributed by atoms with van der Waals surface area (Å²) in [6, 6.07) is 9.53. The maximum absolute atomic E-state index is 5.99. The first-order valence-corrected chi connectivity index (χ1v) is 7.78. The van der Waals surface area contributed by atoms with Crippen molar-refractivity contribution in [3.63, 3.8) is 0 Å². The van der Waals surface area contributed by atoms with Gasteiger partial charge in [-0.1, -0.05) is 30.7 Å². The molecular weight excluding hydrogens is 256 g/mol. The number of hydrogen-bond acceptors (Lipinski definition) is 2. The van der Waals surface area contributed by atoms with Gasteiger partial charge in [0.05, 0.1) is 0 Å². The first kappa shape index (κ1) is 14.8. The Kier molecular flexibility index (Phi) is 5.68. The minimum absolute atomic E-state index is 0.500. The lowest BCUT2D eigenvalue weighted by atomic mass is 9.99. The number of rotatable bonds is 4. The van der Waals surface area contributed by atoms with Crippen LogP contribution in [0.15, 0.2) is 24.3 Å². The molecule has 1 aliphatic heterocycles. The number of halogens is 1. The summed E-state index contributed by atoms with van der Waals surface area (Å²) in [6.45, 7) is 4.58. The second-order valence-electron chi connectivity index (χ2n) is 5.48. The summed E-state index contributed by atoms with van der Waals surface area (Å²) >= 11 is 5.99. The van der Waals surface area contributed by atoms with Crippen LogP contribution in [-0.4, -0.2) is 31.1 Å². The summed E-state index contributed by atoms with van der Waals surface area (Å²) in [5.41, 5.74) is 1.38. The Morgan fingerprint density at radius 3 is 2.68 bits per heavy atom. The fraction of sp³-hybridized carbons (Fsp3) is 0.625. The van der Waals surface area contributed by atoms with Crippen LogP contribution in [0.25, 0.3) is 0 Å². The summed E-state index contributed by atoms with van der Waals surface area (Å²) in [5, 5.41) is 4.31. The minimum atomic E-state index is 0.500. The third-order valence-corrected chi connectivity index (χ3v) is 4.51. The average Bonchev–Trinajstić information content (AvgIpc) is 2.70. The lowest BCUT2D eigenvalue weighted by Crippen LogP contribution is -2.35. The van der Waals surface area contributed by atoms with Crippen molar-refractivity contribution in [1.82, 2.24) is 10.2 Å². The first-order chi connectivity index (χ1) is 9.22. The number of benzene rings is 1. The Labute approximate surface area is 122 Å². The second kappa shape index (κ2) is 7.28. The number of nitrogens with one attached hydrogen (secondary N) is 1. The van der Waals surface area contributed by atoms with E-state index in [4.69, 9.17) is 11.6 Å². The van der Waals surface area contributed by atoms with Crippen molar-refractivity contribution in [2.24, 2.45) is 0 Å².